The van der Waals surface area contributed by atoms with Crippen molar-refractivity contribution in [3.63, 3.8) is 0 Å². The number of ether oxygens (including phenoxy) is 2. The van der Waals surface area contributed by atoms with Gasteiger partial charge in [-0.3, -0.25) is 4.79 Å². The van der Waals surface area contributed by atoms with Crippen molar-refractivity contribution in [2.75, 3.05) is 26.3 Å². The van der Waals surface area contributed by atoms with Crippen molar-refractivity contribution in [3.8, 4) is 11.4 Å². The van der Waals surface area contributed by atoms with E-state index in [-0.39, 0.29) is 12.0 Å². The first kappa shape index (κ1) is 20.6. The number of benzene rings is 1. The molecule has 0 bridgehead atoms. The Kier molecular flexibility index (Phi) is 7.10. The SMILES string of the molecule is O=C(CCCCc1cccs1)N1CCOC(COc2ccc(-n3cncn3)cc2)C1. The topological polar surface area (TPSA) is 69.5 Å². The first-order chi connectivity index (χ1) is 14.8. The summed E-state index contributed by atoms with van der Waals surface area (Å²) < 4.78 is 13.4. The third-order valence-electron chi connectivity index (χ3n) is 5.09. The lowest BCUT2D eigenvalue weighted by Crippen LogP contribution is -2.47. The molecule has 3 aromatic rings. The molecule has 1 amide bonds. The van der Waals surface area contributed by atoms with Crippen LogP contribution in [0.4, 0.5) is 0 Å². The van der Waals surface area contributed by atoms with Gasteiger partial charge in [0.1, 0.15) is 31.1 Å². The zero-order chi connectivity index (χ0) is 20.6. The van der Waals surface area contributed by atoms with Crippen LogP contribution in [0.25, 0.3) is 5.69 Å². The van der Waals surface area contributed by atoms with Crippen LogP contribution in [0.5, 0.6) is 5.75 Å². The third-order valence-corrected chi connectivity index (χ3v) is 6.03. The second kappa shape index (κ2) is 10.4. The van der Waals surface area contributed by atoms with Gasteiger partial charge in [0, 0.05) is 17.8 Å². The number of nitrogens with zero attached hydrogens (tertiary/aromatic N) is 4. The fraction of sp³-hybridized carbons (Fsp3) is 0.409. The van der Waals surface area contributed by atoms with E-state index in [1.54, 1.807) is 22.3 Å². The summed E-state index contributed by atoms with van der Waals surface area (Å²) in [5, 5.41) is 6.21. The molecule has 0 N–H and O–H groups in total. The molecule has 1 unspecified atom stereocenters. The van der Waals surface area contributed by atoms with E-state index in [9.17, 15) is 4.79 Å². The first-order valence-electron chi connectivity index (χ1n) is 10.3. The van der Waals surface area contributed by atoms with Crippen molar-refractivity contribution >= 4 is 17.2 Å². The predicted molar refractivity (Wildman–Crippen MR) is 115 cm³/mol. The Morgan fingerprint density at radius 1 is 1.23 bits per heavy atom. The number of rotatable bonds is 9. The van der Waals surface area contributed by atoms with Crippen LogP contribution in [0, 0.1) is 0 Å². The predicted octanol–water partition coefficient (Wildman–Crippen LogP) is 3.35. The van der Waals surface area contributed by atoms with E-state index in [1.807, 2.05) is 29.2 Å². The van der Waals surface area contributed by atoms with E-state index >= 15 is 0 Å². The summed E-state index contributed by atoms with van der Waals surface area (Å²) in [5.74, 6) is 0.978. The quantitative estimate of drug-likeness (QED) is 0.491. The second-order valence-corrected chi connectivity index (χ2v) is 8.30. The molecule has 158 valence electrons. The molecule has 1 aliphatic heterocycles. The molecule has 1 fully saturated rings. The lowest BCUT2D eigenvalue weighted by molar-refractivity contribution is -0.140. The maximum atomic E-state index is 12.5. The Balaban J connectivity index is 1.18. The Bertz CT molecular complexity index is 897. The zero-order valence-electron chi connectivity index (χ0n) is 16.9. The summed E-state index contributed by atoms with van der Waals surface area (Å²) in [6.07, 6.45) is 6.68. The van der Waals surface area contributed by atoms with Crippen molar-refractivity contribution < 1.29 is 14.3 Å². The Hall–Kier alpha value is -2.71. The number of amides is 1. The molecule has 2 aromatic heterocycles. The summed E-state index contributed by atoms with van der Waals surface area (Å²) in [7, 11) is 0. The molecule has 1 saturated heterocycles. The minimum absolute atomic E-state index is 0.108. The molecule has 1 atom stereocenters. The number of morpholine rings is 1. The van der Waals surface area contributed by atoms with Crippen LogP contribution in [0.1, 0.15) is 24.1 Å². The van der Waals surface area contributed by atoms with Gasteiger partial charge in [-0.05, 0) is 55.0 Å². The van der Waals surface area contributed by atoms with Gasteiger partial charge in [0.2, 0.25) is 5.91 Å². The molecule has 0 saturated carbocycles. The van der Waals surface area contributed by atoms with Crippen LogP contribution in [0.3, 0.4) is 0 Å². The van der Waals surface area contributed by atoms with Crippen LogP contribution >= 0.6 is 11.3 Å². The van der Waals surface area contributed by atoms with E-state index in [2.05, 4.69) is 27.6 Å². The van der Waals surface area contributed by atoms with E-state index in [0.717, 1.165) is 30.7 Å². The lowest BCUT2D eigenvalue weighted by Gasteiger charge is -2.33. The van der Waals surface area contributed by atoms with Gasteiger partial charge in [-0.25, -0.2) is 9.67 Å². The molecule has 4 rings (SSSR count). The summed E-state index contributed by atoms with van der Waals surface area (Å²) in [5.41, 5.74) is 0.921. The highest BCUT2D eigenvalue weighted by atomic mass is 32.1. The summed E-state index contributed by atoms with van der Waals surface area (Å²) in [6.45, 7) is 2.22. The van der Waals surface area contributed by atoms with E-state index in [1.165, 1.54) is 11.2 Å². The van der Waals surface area contributed by atoms with Crippen LogP contribution < -0.4 is 4.74 Å². The highest BCUT2D eigenvalue weighted by molar-refractivity contribution is 7.09. The standard InChI is InChI=1S/C22H26N4O3S/c27-22(6-2-1-4-21-5-3-13-30-21)25-11-12-28-20(14-25)15-29-19-9-7-18(8-10-19)26-17-23-16-24-26/h3,5,7-10,13,16-17,20H,1-2,4,6,11-12,14-15H2. The number of hydrogen-bond donors (Lipinski definition) is 0. The number of carbonyl (C=O) groups is 1. The molecule has 1 aromatic carbocycles. The van der Waals surface area contributed by atoms with Crippen molar-refractivity contribution in [3.05, 3.63) is 59.3 Å². The minimum Gasteiger partial charge on any atom is -0.491 e. The Morgan fingerprint density at radius 3 is 2.90 bits per heavy atom. The van der Waals surface area contributed by atoms with Crippen LogP contribution in [-0.4, -0.2) is 58.0 Å². The maximum Gasteiger partial charge on any atom is 0.222 e. The van der Waals surface area contributed by atoms with Crippen LogP contribution in [-0.2, 0) is 16.0 Å². The van der Waals surface area contributed by atoms with Gasteiger partial charge in [0.25, 0.3) is 0 Å². The minimum atomic E-state index is -0.108. The smallest absolute Gasteiger partial charge is 0.222 e. The lowest BCUT2D eigenvalue weighted by atomic mass is 10.1. The number of aryl methyl sites for hydroxylation is 1. The van der Waals surface area contributed by atoms with Gasteiger partial charge in [-0.15, -0.1) is 11.3 Å². The molecule has 3 heterocycles. The van der Waals surface area contributed by atoms with Crippen LogP contribution in [0.15, 0.2) is 54.4 Å². The second-order valence-electron chi connectivity index (χ2n) is 7.26. The average Bonchev–Trinajstić information content (AvgIpc) is 3.50. The van der Waals surface area contributed by atoms with Crippen molar-refractivity contribution in [2.24, 2.45) is 0 Å². The number of aromatic nitrogens is 3. The molecular formula is C22H26N4O3S. The Labute approximate surface area is 180 Å². The molecule has 0 radical (unpaired) electrons. The fourth-order valence-electron chi connectivity index (χ4n) is 3.46. The third kappa shape index (κ3) is 5.67. The fourth-order valence-corrected chi connectivity index (χ4v) is 4.21. The molecular weight excluding hydrogens is 400 g/mol. The van der Waals surface area contributed by atoms with E-state index in [0.29, 0.717) is 32.7 Å². The Morgan fingerprint density at radius 2 is 2.13 bits per heavy atom. The largest absolute Gasteiger partial charge is 0.491 e. The number of hydrogen-bond acceptors (Lipinski definition) is 6. The average molecular weight is 427 g/mol. The summed E-state index contributed by atoms with van der Waals surface area (Å²) in [4.78, 5) is 19.8. The number of carbonyl (C=O) groups excluding carboxylic acids is 1. The highest BCUT2D eigenvalue weighted by Gasteiger charge is 2.24. The monoisotopic (exact) mass is 426 g/mol. The van der Waals surface area contributed by atoms with Gasteiger partial charge in [0.15, 0.2) is 0 Å². The van der Waals surface area contributed by atoms with Crippen molar-refractivity contribution in [1.29, 1.82) is 0 Å². The van der Waals surface area contributed by atoms with Crippen molar-refractivity contribution in [1.82, 2.24) is 19.7 Å². The van der Waals surface area contributed by atoms with Gasteiger partial charge in [-0.2, -0.15) is 5.10 Å². The number of thiophene rings is 1. The molecule has 8 heteroatoms. The molecule has 30 heavy (non-hydrogen) atoms. The zero-order valence-corrected chi connectivity index (χ0v) is 17.7. The number of unbranched alkanes of at least 4 members (excludes halogenated alkanes) is 1. The van der Waals surface area contributed by atoms with E-state index in [4.69, 9.17) is 9.47 Å². The first-order valence-corrected chi connectivity index (χ1v) is 11.2. The summed E-state index contributed by atoms with van der Waals surface area (Å²) >= 11 is 1.78. The van der Waals surface area contributed by atoms with Gasteiger partial charge in [-0.1, -0.05) is 6.07 Å². The molecule has 0 aliphatic carbocycles. The summed E-state index contributed by atoms with van der Waals surface area (Å²) in [6, 6.07) is 11.9. The maximum absolute atomic E-state index is 12.5. The molecule has 0 spiro atoms. The highest BCUT2D eigenvalue weighted by Crippen LogP contribution is 2.17. The van der Waals surface area contributed by atoms with Gasteiger partial charge in [0.05, 0.1) is 18.8 Å². The molecule has 7 nitrogen and oxygen atoms in total. The normalized spacial score (nSPS) is 16.5. The van der Waals surface area contributed by atoms with Crippen molar-refractivity contribution in [2.45, 2.75) is 31.8 Å². The van der Waals surface area contributed by atoms with Crippen LogP contribution in [0.2, 0.25) is 0 Å². The van der Waals surface area contributed by atoms with E-state index < -0.39 is 0 Å². The van der Waals surface area contributed by atoms with Gasteiger partial charge < -0.3 is 14.4 Å². The van der Waals surface area contributed by atoms with Gasteiger partial charge >= 0.3 is 0 Å². The molecule has 1 aliphatic rings.